The highest BCUT2D eigenvalue weighted by Crippen LogP contribution is 2.23. The lowest BCUT2D eigenvalue weighted by Crippen LogP contribution is -2.38. The van der Waals surface area contributed by atoms with E-state index in [2.05, 4.69) is 43.4 Å². The second kappa shape index (κ2) is 7.04. The first-order valence-corrected chi connectivity index (χ1v) is 7.77. The highest BCUT2D eigenvalue weighted by atomic mass is 79.9. The van der Waals surface area contributed by atoms with Crippen molar-refractivity contribution in [2.75, 3.05) is 25.0 Å². The van der Waals surface area contributed by atoms with Gasteiger partial charge in [0, 0.05) is 25.3 Å². The van der Waals surface area contributed by atoms with Gasteiger partial charge in [-0.3, -0.25) is 9.88 Å². The fourth-order valence-corrected chi connectivity index (χ4v) is 2.78. The van der Waals surface area contributed by atoms with Gasteiger partial charge in [-0.1, -0.05) is 0 Å². The lowest BCUT2D eigenvalue weighted by atomic mass is 10.2. The Morgan fingerprint density at radius 1 is 1.60 bits per heavy atom. The number of nitrogens with zero attached hydrogens (tertiary/aromatic N) is 2. The van der Waals surface area contributed by atoms with Crippen molar-refractivity contribution in [3.63, 3.8) is 0 Å². The number of hydrogen-bond donors (Lipinski definition) is 2. The van der Waals surface area contributed by atoms with E-state index in [1.165, 1.54) is 12.8 Å². The Morgan fingerprint density at radius 3 is 3.10 bits per heavy atom. The summed E-state index contributed by atoms with van der Waals surface area (Å²) in [7, 11) is 0. The second-order valence-electron chi connectivity index (χ2n) is 5.17. The summed E-state index contributed by atoms with van der Waals surface area (Å²) in [6.07, 6.45) is 4.20. The molecule has 0 aromatic carbocycles. The van der Waals surface area contributed by atoms with E-state index >= 15 is 0 Å². The Morgan fingerprint density at radius 2 is 2.40 bits per heavy atom. The molecule has 2 amide bonds. The Balaban J connectivity index is 1.76. The molecule has 0 bridgehead atoms. The minimum atomic E-state index is -0.178. The van der Waals surface area contributed by atoms with E-state index in [1.807, 2.05) is 6.92 Å². The topological polar surface area (TPSA) is 57.3 Å². The van der Waals surface area contributed by atoms with E-state index in [0.717, 1.165) is 28.9 Å². The van der Waals surface area contributed by atoms with Crippen LogP contribution in [0.2, 0.25) is 0 Å². The number of hydrogen-bond acceptors (Lipinski definition) is 3. The molecule has 6 heteroatoms. The number of anilines is 1. The van der Waals surface area contributed by atoms with Crippen LogP contribution in [0.4, 0.5) is 10.5 Å². The van der Waals surface area contributed by atoms with Gasteiger partial charge in [0.1, 0.15) is 0 Å². The maximum absolute atomic E-state index is 11.8. The van der Waals surface area contributed by atoms with Gasteiger partial charge in [0.2, 0.25) is 0 Å². The summed E-state index contributed by atoms with van der Waals surface area (Å²) in [6, 6.07) is 2.24. The first-order valence-electron chi connectivity index (χ1n) is 6.98. The van der Waals surface area contributed by atoms with Crippen LogP contribution in [0.15, 0.2) is 16.7 Å². The van der Waals surface area contributed by atoms with Crippen molar-refractivity contribution < 1.29 is 4.79 Å². The predicted octanol–water partition coefficient (Wildman–Crippen LogP) is 2.76. The fourth-order valence-electron chi connectivity index (χ4n) is 2.45. The Hall–Kier alpha value is -1.14. The lowest BCUT2D eigenvalue weighted by Gasteiger charge is -2.21. The van der Waals surface area contributed by atoms with Gasteiger partial charge in [0.25, 0.3) is 0 Å². The molecule has 1 fully saturated rings. The third kappa shape index (κ3) is 3.93. The van der Waals surface area contributed by atoms with Crippen LogP contribution in [0, 0.1) is 6.92 Å². The van der Waals surface area contributed by atoms with Crippen LogP contribution < -0.4 is 10.6 Å². The highest BCUT2D eigenvalue weighted by molar-refractivity contribution is 9.10. The number of pyridine rings is 1. The predicted molar refractivity (Wildman–Crippen MR) is 84.0 cm³/mol. The quantitative estimate of drug-likeness (QED) is 0.885. The van der Waals surface area contributed by atoms with Gasteiger partial charge in [0.15, 0.2) is 0 Å². The molecule has 1 aromatic heterocycles. The highest BCUT2D eigenvalue weighted by Gasteiger charge is 2.19. The van der Waals surface area contributed by atoms with Gasteiger partial charge in [-0.05, 0) is 55.2 Å². The minimum Gasteiger partial charge on any atom is -0.337 e. The van der Waals surface area contributed by atoms with E-state index in [0.29, 0.717) is 12.6 Å². The molecule has 110 valence electrons. The molecular weight excluding hydrogens is 320 g/mol. The van der Waals surface area contributed by atoms with Crippen LogP contribution in [0.3, 0.4) is 0 Å². The largest absolute Gasteiger partial charge is 0.337 e. The first-order chi connectivity index (χ1) is 9.58. The number of nitrogens with one attached hydrogen (secondary N) is 2. The SMILES string of the molecule is Cc1nccc(NC(=O)NCCN2CCCC2C)c1Br. The monoisotopic (exact) mass is 340 g/mol. The summed E-state index contributed by atoms with van der Waals surface area (Å²) in [6.45, 7) is 6.84. The molecule has 1 aliphatic heterocycles. The van der Waals surface area contributed by atoms with E-state index in [4.69, 9.17) is 0 Å². The Labute approximate surface area is 128 Å². The first kappa shape index (κ1) is 15.3. The summed E-state index contributed by atoms with van der Waals surface area (Å²) in [5, 5.41) is 5.72. The number of amides is 2. The van der Waals surface area contributed by atoms with Crippen LogP contribution in [0.25, 0.3) is 0 Å². The molecule has 1 atom stereocenters. The third-order valence-electron chi connectivity index (χ3n) is 3.69. The molecule has 0 aliphatic carbocycles. The van der Waals surface area contributed by atoms with Gasteiger partial charge < -0.3 is 10.6 Å². The van der Waals surface area contributed by atoms with Gasteiger partial charge in [-0.15, -0.1) is 0 Å². The molecule has 2 rings (SSSR count). The summed E-state index contributed by atoms with van der Waals surface area (Å²) < 4.78 is 0.823. The number of halogens is 1. The van der Waals surface area contributed by atoms with E-state index in [1.54, 1.807) is 12.3 Å². The standard InChI is InChI=1S/C14H21BrN4O/c1-10-4-3-8-19(10)9-7-17-14(20)18-12-5-6-16-11(2)13(12)15/h5-6,10H,3-4,7-9H2,1-2H3,(H2,16,17,18,20). The van der Waals surface area contributed by atoms with E-state index in [-0.39, 0.29) is 6.03 Å². The number of urea groups is 1. The van der Waals surface area contributed by atoms with Crippen LogP contribution in [-0.2, 0) is 0 Å². The van der Waals surface area contributed by atoms with Gasteiger partial charge >= 0.3 is 6.03 Å². The van der Waals surface area contributed by atoms with Crippen LogP contribution in [0.1, 0.15) is 25.5 Å². The lowest BCUT2D eigenvalue weighted by molar-refractivity contribution is 0.243. The summed E-state index contributed by atoms with van der Waals surface area (Å²) in [5.41, 5.74) is 1.60. The molecule has 2 N–H and O–H groups in total. The average Bonchev–Trinajstić information content (AvgIpc) is 2.81. The smallest absolute Gasteiger partial charge is 0.319 e. The number of carbonyl (C=O) groups is 1. The molecule has 2 heterocycles. The number of aromatic nitrogens is 1. The molecule has 0 spiro atoms. The maximum Gasteiger partial charge on any atom is 0.319 e. The molecule has 0 radical (unpaired) electrons. The normalized spacial score (nSPS) is 19.1. The zero-order chi connectivity index (χ0) is 14.5. The summed E-state index contributed by atoms with van der Waals surface area (Å²) in [4.78, 5) is 18.4. The number of rotatable bonds is 4. The Bertz CT molecular complexity index is 480. The Kier molecular flexibility index (Phi) is 5.37. The maximum atomic E-state index is 11.8. The molecule has 1 unspecified atom stereocenters. The third-order valence-corrected chi connectivity index (χ3v) is 4.69. The van der Waals surface area contributed by atoms with Crippen molar-refractivity contribution >= 4 is 27.6 Å². The van der Waals surface area contributed by atoms with Crippen LogP contribution in [0.5, 0.6) is 0 Å². The molecule has 1 aliphatic rings. The van der Waals surface area contributed by atoms with Crippen molar-refractivity contribution in [1.82, 2.24) is 15.2 Å². The summed E-state index contributed by atoms with van der Waals surface area (Å²) >= 11 is 3.43. The van der Waals surface area contributed by atoms with Gasteiger partial charge in [0.05, 0.1) is 15.9 Å². The van der Waals surface area contributed by atoms with Crippen LogP contribution in [-0.4, -0.2) is 41.6 Å². The number of likely N-dealkylation sites (tertiary alicyclic amines) is 1. The molecular formula is C14H21BrN4O. The molecule has 1 saturated heterocycles. The number of carbonyl (C=O) groups excluding carboxylic acids is 1. The molecule has 1 aromatic rings. The zero-order valence-electron chi connectivity index (χ0n) is 11.9. The summed E-state index contributed by atoms with van der Waals surface area (Å²) in [5.74, 6) is 0. The van der Waals surface area contributed by atoms with E-state index < -0.39 is 0 Å². The molecule has 0 saturated carbocycles. The molecule has 5 nitrogen and oxygen atoms in total. The zero-order valence-corrected chi connectivity index (χ0v) is 13.5. The van der Waals surface area contributed by atoms with Crippen molar-refractivity contribution in [2.45, 2.75) is 32.7 Å². The van der Waals surface area contributed by atoms with Gasteiger partial charge in [-0.2, -0.15) is 0 Å². The second-order valence-corrected chi connectivity index (χ2v) is 5.96. The fraction of sp³-hybridized carbons (Fsp3) is 0.571. The minimum absolute atomic E-state index is 0.178. The van der Waals surface area contributed by atoms with Crippen molar-refractivity contribution in [2.24, 2.45) is 0 Å². The number of aryl methyl sites for hydroxylation is 1. The van der Waals surface area contributed by atoms with Gasteiger partial charge in [-0.25, -0.2) is 4.79 Å². The van der Waals surface area contributed by atoms with Crippen molar-refractivity contribution in [3.05, 3.63) is 22.4 Å². The van der Waals surface area contributed by atoms with Crippen molar-refractivity contribution in [3.8, 4) is 0 Å². The van der Waals surface area contributed by atoms with Crippen molar-refractivity contribution in [1.29, 1.82) is 0 Å². The molecule has 20 heavy (non-hydrogen) atoms. The van der Waals surface area contributed by atoms with E-state index in [9.17, 15) is 4.79 Å². The average molecular weight is 341 g/mol. The van der Waals surface area contributed by atoms with Crippen LogP contribution >= 0.6 is 15.9 Å².